The molecule has 0 aliphatic carbocycles. The van der Waals surface area contributed by atoms with E-state index in [0.29, 0.717) is 25.8 Å². The molecule has 0 fully saturated rings. The summed E-state index contributed by atoms with van der Waals surface area (Å²) in [5.74, 6) is -1.11. The highest BCUT2D eigenvalue weighted by atomic mass is 16.2. The van der Waals surface area contributed by atoms with Gasteiger partial charge in [-0.3, -0.25) is 14.4 Å². The first kappa shape index (κ1) is 41.5. The predicted octanol–water partition coefficient (Wildman–Crippen LogP) is 6.69. The van der Waals surface area contributed by atoms with Crippen molar-refractivity contribution in [3.63, 3.8) is 0 Å². The number of carbonyl (C=O) groups is 4. The maximum absolute atomic E-state index is 12.7. The van der Waals surface area contributed by atoms with Gasteiger partial charge < -0.3 is 26.9 Å². The summed E-state index contributed by atoms with van der Waals surface area (Å²) in [6.07, 6.45) is 5.60. The Morgan fingerprint density at radius 1 is 0.740 bits per heavy atom. The van der Waals surface area contributed by atoms with Crippen molar-refractivity contribution in [1.29, 1.82) is 0 Å². The summed E-state index contributed by atoms with van der Waals surface area (Å²) >= 11 is 0. The van der Waals surface area contributed by atoms with E-state index in [1.165, 1.54) is 7.05 Å². The highest BCUT2D eigenvalue weighted by Crippen LogP contribution is 2.22. The summed E-state index contributed by atoms with van der Waals surface area (Å²) in [4.78, 5) is 48.6. The van der Waals surface area contributed by atoms with Gasteiger partial charge in [-0.25, -0.2) is 0 Å². The molecule has 6 N–H and O–H groups in total. The van der Waals surface area contributed by atoms with Crippen LogP contribution in [0.5, 0.6) is 0 Å². The number of amides is 2. The highest BCUT2D eigenvalue weighted by Gasteiger charge is 2.28. The van der Waals surface area contributed by atoms with E-state index in [1.54, 1.807) is 6.92 Å². The zero-order valence-electron chi connectivity index (χ0n) is 30.1. The summed E-state index contributed by atoms with van der Waals surface area (Å²) in [6.45, 7) is 6.34. The van der Waals surface area contributed by atoms with Crippen LogP contribution in [0.25, 0.3) is 10.8 Å². The van der Waals surface area contributed by atoms with Crippen LogP contribution in [0.2, 0.25) is 0 Å². The number of rotatable bonds is 17. The second-order valence-corrected chi connectivity index (χ2v) is 12.2. The van der Waals surface area contributed by atoms with E-state index in [0.717, 1.165) is 59.4 Å². The summed E-state index contributed by atoms with van der Waals surface area (Å²) < 4.78 is 0. The fourth-order valence-corrected chi connectivity index (χ4v) is 5.52. The molecule has 0 saturated heterocycles. The molecule has 2 amide bonds. The smallest absolute Gasteiger partial charge is 0.231 e. The lowest BCUT2D eigenvalue weighted by Gasteiger charge is -2.22. The van der Waals surface area contributed by atoms with E-state index in [1.807, 2.05) is 117 Å². The number of hydrogen-bond donors (Lipinski definition) is 4. The van der Waals surface area contributed by atoms with Crippen molar-refractivity contribution < 1.29 is 19.2 Å². The van der Waals surface area contributed by atoms with Gasteiger partial charge in [0.1, 0.15) is 18.0 Å². The lowest BCUT2D eigenvalue weighted by Crippen LogP contribution is -2.45. The van der Waals surface area contributed by atoms with Gasteiger partial charge in [0, 0.05) is 12.8 Å². The molecule has 4 rings (SSSR count). The van der Waals surface area contributed by atoms with Crippen LogP contribution >= 0.6 is 0 Å². The van der Waals surface area contributed by atoms with Gasteiger partial charge in [0.05, 0.1) is 12.1 Å². The van der Waals surface area contributed by atoms with Crippen LogP contribution in [-0.4, -0.2) is 43.5 Å². The molecule has 0 aliphatic heterocycles. The number of benzene rings is 4. The van der Waals surface area contributed by atoms with Crippen LogP contribution in [0.1, 0.15) is 82.0 Å². The minimum absolute atomic E-state index is 0.0366. The zero-order valence-corrected chi connectivity index (χ0v) is 30.1. The number of unbranched alkanes of at least 4 members (excludes halogenated alkanes) is 2. The Bertz CT molecular complexity index is 1540. The first-order valence-corrected chi connectivity index (χ1v) is 17.7. The molecule has 0 heterocycles. The average Bonchev–Trinajstić information content (AvgIpc) is 3.17. The van der Waals surface area contributed by atoms with Gasteiger partial charge >= 0.3 is 0 Å². The molecule has 0 aliphatic rings. The molecule has 0 bridgehead atoms. The molecular weight excluding hydrogens is 624 g/mol. The molecule has 0 spiro atoms. The van der Waals surface area contributed by atoms with Crippen LogP contribution < -0.4 is 22.1 Å². The molecule has 8 nitrogen and oxygen atoms in total. The van der Waals surface area contributed by atoms with Crippen molar-refractivity contribution >= 4 is 34.7 Å². The molecule has 268 valence electrons. The van der Waals surface area contributed by atoms with E-state index < -0.39 is 12.0 Å². The van der Waals surface area contributed by atoms with E-state index >= 15 is 0 Å². The Kier molecular flexibility index (Phi) is 19.6. The van der Waals surface area contributed by atoms with E-state index in [-0.39, 0.29) is 29.6 Å². The topological polar surface area (TPSA) is 144 Å². The van der Waals surface area contributed by atoms with Crippen molar-refractivity contribution in [3.8, 4) is 0 Å². The van der Waals surface area contributed by atoms with Crippen LogP contribution in [0.4, 0.5) is 0 Å². The first-order chi connectivity index (χ1) is 24.3. The number of aldehydes is 1. The monoisotopic (exact) mass is 680 g/mol. The minimum Gasteiger partial charge on any atom is -0.346 e. The number of ketones is 1. The van der Waals surface area contributed by atoms with Crippen LogP contribution in [0.15, 0.2) is 103 Å². The summed E-state index contributed by atoms with van der Waals surface area (Å²) in [7, 11) is 1.50. The molecule has 8 heteroatoms. The molecule has 4 aromatic rings. The molecule has 50 heavy (non-hydrogen) atoms. The first-order valence-electron chi connectivity index (χ1n) is 17.7. The second kappa shape index (κ2) is 23.7. The van der Waals surface area contributed by atoms with Crippen molar-refractivity contribution in [1.82, 2.24) is 10.6 Å². The van der Waals surface area contributed by atoms with E-state index in [4.69, 9.17) is 5.73 Å². The van der Waals surface area contributed by atoms with Crippen LogP contribution in [0.3, 0.4) is 0 Å². The summed E-state index contributed by atoms with van der Waals surface area (Å²) in [6, 6.07) is 33.5. The van der Waals surface area contributed by atoms with Crippen molar-refractivity contribution in [2.75, 3.05) is 13.6 Å². The van der Waals surface area contributed by atoms with Crippen LogP contribution in [0, 0.1) is 11.8 Å². The fraction of sp³-hybridized carbons (Fsp3) is 0.381. The number of Topliss-reactive ketones (excluding diaryl/α,β-unsaturated/α-hetero) is 1. The van der Waals surface area contributed by atoms with Gasteiger partial charge in [-0.05, 0) is 66.2 Å². The number of fused-ring (bicyclic) bond motifs is 1. The Morgan fingerprint density at radius 2 is 1.32 bits per heavy atom. The molecule has 3 unspecified atom stereocenters. The Labute approximate surface area is 298 Å². The van der Waals surface area contributed by atoms with Gasteiger partial charge in [0.2, 0.25) is 11.8 Å². The standard InChI is InChI=1S/C22H27NO3.C19H24N2O.CH5N/c1-4-15(3)20(14-24)23-22(26)19(21(25)5-2)13-16-10-11-17-8-6-7-9-18(17)12-16;20-15-9-3-8-14-18(22)21-19(16-10-4-1-5-11-16)17-12-6-2-7-13-17;1-2/h6-12,14-15,19-20H,4-5,13H2,1-3H3,(H,23,26);1-2,4-7,10-13,19H,3,8-9,14-15,20H2,(H,21,22);2H2,1H3. The predicted molar refractivity (Wildman–Crippen MR) is 204 cm³/mol. The van der Waals surface area contributed by atoms with Gasteiger partial charge in [-0.2, -0.15) is 0 Å². The maximum Gasteiger partial charge on any atom is 0.231 e. The highest BCUT2D eigenvalue weighted by molar-refractivity contribution is 6.02. The normalized spacial score (nSPS) is 12.3. The zero-order chi connectivity index (χ0) is 36.7. The Morgan fingerprint density at radius 3 is 1.86 bits per heavy atom. The van der Waals surface area contributed by atoms with Gasteiger partial charge in [-0.1, -0.05) is 137 Å². The second-order valence-electron chi connectivity index (χ2n) is 12.2. The third-order valence-electron chi connectivity index (χ3n) is 8.70. The largest absolute Gasteiger partial charge is 0.346 e. The SMILES string of the molecule is CCC(=O)C(Cc1ccc2ccccc2c1)C(=O)NC(C=O)C(C)CC.CN.NCCCCCC(=O)NC(c1ccccc1)c1ccccc1. The maximum atomic E-state index is 12.7. The molecule has 3 atom stereocenters. The minimum atomic E-state index is -0.771. The third-order valence-corrected chi connectivity index (χ3v) is 8.70. The summed E-state index contributed by atoms with van der Waals surface area (Å²) in [5.41, 5.74) is 13.1. The lowest BCUT2D eigenvalue weighted by atomic mass is 9.91. The average molecular weight is 681 g/mol. The summed E-state index contributed by atoms with van der Waals surface area (Å²) in [5, 5.41) is 8.12. The van der Waals surface area contributed by atoms with Crippen molar-refractivity contribution in [2.24, 2.45) is 23.3 Å². The van der Waals surface area contributed by atoms with Crippen molar-refractivity contribution in [3.05, 3.63) is 120 Å². The van der Waals surface area contributed by atoms with Gasteiger partial charge in [-0.15, -0.1) is 0 Å². The molecule has 0 aromatic heterocycles. The Balaban J connectivity index is 0.000000334. The number of hydrogen-bond acceptors (Lipinski definition) is 6. The number of carbonyl (C=O) groups excluding carboxylic acids is 4. The van der Waals surface area contributed by atoms with Gasteiger partial charge in [0.25, 0.3) is 0 Å². The molecule has 0 radical (unpaired) electrons. The van der Waals surface area contributed by atoms with Crippen LogP contribution in [-0.2, 0) is 25.6 Å². The number of nitrogens with one attached hydrogen (secondary N) is 2. The molecular formula is C42H56N4O4. The lowest BCUT2D eigenvalue weighted by molar-refractivity contribution is -0.135. The molecule has 0 saturated carbocycles. The molecule has 4 aromatic carbocycles. The van der Waals surface area contributed by atoms with Gasteiger partial charge in [0.15, 0.2) is 0 Å². The quantitative estimate of drug-likeness (QED) is 0.0556. The third kappa shape index (κ3) is 13.7. The number of nitrogens with two attached hydrogens (primary N) is 2. The fourth-order valence-electron chi connectivity index (χ4n) is 5.52. The van der Waals surface area contributed by atoms with E-state index in [2.05, 4.69) is 16.4 Å². The van der Waals surface area contributed by atoms with Crippen molar-refractivity contribution in [2.45, 2.75) is 77.8 Å². The Hall–Kier alpha value is -4.66. The van der Waals surface area contributed by atoms with E-state index in [9.17, 15) is 19.2 Å².